The number of hydrogen-bond donors (Lipinski definition) is 6. The van der Waals surface area contributed by atoms with Gasteiger partial charge in [0, 0.05) is 6.42 Å². The molecule has 0 heterocycles. The van der Waals surface area contributed by atoms with Crippen LogP contribution < -0.4 is 27.4 Å². The number of rotatable bonds is 16. The average molecular weight is 506 g/mol. The van der Waals surface area contributed by atoms with Crippen molar-refractivity contribution in [2.24, 2.45) is 23.3 Å². The van der Waals surface area contributed by atoms with Crippen LogP contribution in [0.25, 0.3) is 0 Å². The van der Waals surface area contributed by atoms with E-state index in [0.717, 1.165) is 5.56 Å². The molecule has 1 rings (SSSR count). The van der Waals surface area contributed by atoms with E-state index in [0.29, 0.717) is 32.2 Å². The number of carboxylic acids is 1. The van der Waals surface area contributed by atoms with Crippen molar-refractivity contribution in [2.45, 2.75) is 84.0 Å². The minimum Gasteiger partial charge on any atom is -0.480 e. The molecule has 0 fully saturated rings. The molecule has 10 heteroatoms. The highest BCUT2D eigenvalue weighted by Crippen LogP contribution is 2.09. The van der Waals surface area contributed by atoms with Gasteiger partial charge in [-0.3, -0.25) is 14.4 Å². The van der Waals surface area contributed by atoms with Crippen molar-refractivity contribution in [2.75, 3.05) is 6.54 Å². The van der Waals surface area contributed by atoms with Gasteiger partial charge in [0.15, 0.2) is 0 Å². The molecule has 0 aliphatic carbocycles. The first-order valence-electron chi connectivity index (χ1n) is 12.6. The van der Waals surface area contributed by atoms with Crippen LogP contribution in [-0.2, 0) is 25.6 Å². The van der Waals surface area contributed by atoms with E-state index in [-0.39, 0.29) is 18.3 Å². The summed E-state index contributed by atoms with van der Waals surface area (Å²) in [6.07, 6.45) is 2.18. The lowest BCUT2D eigenvalue weighted by Crippen LogP contribution is -2.58. The van der Waals surface area contributed by atoms with Gasteiger partial charge in [-0.05, 0) is 49.6 Å². The van der Waals surface area contributed by atoms with Gasteiger partial charge in [-0.15, -0.1) is 0 Å². The molecular weight excluding hydrogens is 462 g/mol. The Bertz CT molecular complexity index is 846. The summed E-state index contributed by atoms with van der Waals surface area (Å²) in [6, 6.07) is 5.16. The SMILES string of the molecule is CC(C)CC(N)C(=O)NC(CCCCN)C(=O)NC(C(=O)NC(Cc1ccccc1)C(=O)O)C(C)C. The summed E-state index contributed by atoms with van der Waals surface area (Å²) in [4.78, 5) is 50.6. The Morgan fingerprint density at radius 2 is 1.47 bits per heavy atom. The van der Waals surface area contributed by atoms with E-state index >= 15 is 0 Å². The predicted octanol–water partition coefficient (Wildman–Crippen LogP) is 0.927. The van der Waals surface area contributed by atoms with Crippen LogP contribution in [0.1, 0.15) is 58.9 Å². The largest absolute Gasteiger partial charge is 0.480 e. The Hall–Kier alpha value is -2.98. The molecule has 4 atom stereocenters. The van der Waals surface area contributed by atoms with Gasteiger partial charge in [0.25, 0.3) is 0 Å². The molecular formula is C26H43N5O5. The molecule has 0 bridgehead atoms. The zero-order valence-corrected chi connectivity index (χ0v) is 21.8. The van der Waals surface area contributed by atoms with Gasteiger partial charge in [0.2, 0.25) is 17.7 Å². The highest BCUT2D eigenvalue weighted by atomic mass is 16.4. The molecule has 0 radical (unpaired) electrons. The van der Waals surface area contributed by atoms with Gasteiger partial charge in [-0.1, -0.05) is 58.0 Å². The fourth-order valence-electron chi connectivity index (χ4n) is 3.76. The van der Waals surface area contributed by atoms with Crippen molar-refractivity contribution in [1.82, 2.24) is 16.0 Å². The fourth-order valence-corrected chi connectivity index (χ4v) is 3.76. The second-order valence-electron chi connectivity index (χ2n) is 9.90. The lowest BCUT2D eigenvalue weighted by Gasteiger charge is -2.27. The lowest BCUT2D eigenvalue weighted by atomic mass is 9.99. The Morgan fingerprint density at radius 1 is 0.861 bits per heavy atom. The average Bonchev–Trinajstić information content (AvgIpc) is 2.81. The molecule has 4 unspecified atom stereocenters. The normalized spacial score (nSPS) is 14.6. The number of carbonyl (C=O) groups is 4. The van der Waals surface area contributed by atoms with Crippen molar-refractivity contribution < 1.29 is 24.3 Å². The van der Waals surface area contributed by atoms with Gasteiger partial charge in [0.1, 0.15) is 18.1 Å². The molecule has 0 aliphatic heterocycles. The zero-order chi connectivity index (χ0) is 27.3. The fraction of sp³-hybridized carbons (Fsp3) is 0.615. The van der Waals surface area contributed by atoms with Crippen LogP contribution in [0.4, 0.5) is 0 Å². The van der Waals surface area contributed by atoms with E-state index in [1.54, 1.807) is 38.1 Å². The summed E-state index contributed by atoms with van der Waals surface area (Å²) in [6.45, 7) is 7.85. The molecule has 36 heavy (non-hydrogen) atoms. The summed E-state index contributed by atoms with van der Waals surface area (Å²) in [5, 5.41) is 17.6. The van der Waals surface area contributed by atoms with Crippen LogP contribution >= 0.6 is 0 Å². The van der Waals surface area contributed by atoms with Gasteiger partial charge in [-0.2, -0.15) is 0 Å². The van der Waals surface area contributed by atoms with Crippen LogP contribution in [0.2, 0.25) is 0 Å². The lowest BCUT2D eigenvalue weighted by molar-refractivity contribution is -0.142. The first-order valence-corrected chi connectivity index (χ1v) is 12.6. The molecule has 0 spiro atoms. The quantitative estimate of drug-likeness (QED) is 0.181. The van der Waals surface area contributed by atoms with Crippen LogP contribution in [-0.4, -0.2) is 59.5 Å². The summed E-state index contributed by atoms with van der Waals surface area (Å²) >= 11 is 0. The van der Waals surface area contributed by atoms with Gasteiger partial charge < -0.3 is 32.5 Å². The van der Waals surface area contributed by atoms with E-state index in [1.807, 2.05) is 19.9 Å². The molecule has 0 saturated heterocycles. The predicted molar refractivity (Wildman–Crippen MR) is 139 cm³/mol. The second-order valence-corrected chi connectivity index (χ2v) is 9.90. The number of hydrogen-bond acceptors (Lipinski definition) is 6. The number of aliphatic carboxylic acids is 1. The van der Waals surface area contributed by atoms with Crippen LogP contribution in [0, 0.1) is 11.8 Å². The standard InChI is InChI=1S/C26H43N5O5/c1-16(2)14-19(28)23(32)29-20(12-8-9-13-27)24(33)31-22(17(3)4)25(34)30-21(26(35)36)15-18-10-6-5-7-11-18/h5-7,10-11,16-17,19-22H,8-9,12-15,27-28H2,1-4H3,(H,29,32)(H,30,34)(H,31,33)(H,35,36). The van der Waals surface area contributed by atoms with Crippen molar-refractivity contribution in [1.29, 1.82) is 0 Å². The third kappa shape index (κ3) is 11.2. The molecule has 3 amide bonds. The van der Waals surface area contributed by atoms with Crippen LogP contribution in [0.15, 0.2) is 30.3 Å². The van der Waals surface area contributed by atoms with E-state index in [4.69, 9.17) is 11.5 Å². The van der Waals surface area contributed by atoms with Crippen molar-refractivity contribution >= 4 is 23.7 Å². The maximum absolute atomic E-state index is 13.2. The Balaban J connectivity index is 2.95. The number of amides is 3. The Labute approximate surface area is 213 Å². The van der Waals surface area contributed by atoms with E-state index in [2.05, 4.69) is 16.0 Å². The molecule has 0 saturated carbocycles. The maximum Gasteiger partial charge on any atom is 0.326 e. The van der Waals surface area contributed by atoms with Gasteiger partial charge in [0.05, 0.1) is 6.04 Å². The first kappa shape index (κ1) is 31.1. The minimum absolute atomic E-state index is 0.103. The molecule has 1 aromatic rings. The van der Waals surface area contributed by atoms with E-state index in [9.17, 15) is 24.3 Å². The molecule has 10 nitrogen and oxygen atoms in total. The van der Waals surface area contributed by atoms with Gasteiger partial charge >= 0.3 is 5.97 Å². The smallest absolute Gasteiger partial charge is 0.326 e. The third-order valence-electron chi connectivity index (χ3n) is 5.79. The Morgan fingerprint density at radius 3 is 2.00 bits per heavy atom. The molecule has 8 N–H and O–H groups in total. The van der Waals surface area contributed by atoms with E-state index < -0.39 is 47.9 Å². The second kappa shape index (κ2) is 15.9. The summed E-state index contributed by atoms with van der Waals surface area (Å²) in [5.74, 6) is -2.86. The summed E-state index contributed by atoms with van der Waals surface area (Å²) in [7, 11) is 0. The number of benzene rings is 1. The third-order valence-corrected chi connectivity index (χ3v) is 5.79. The number of carbonyl (C=O) groups excluding carboxylic acids is 3. The Kier molecular flexibility index (Phi) is 13.7. The monoisotopic (exact) mass is 505 g/mol. The van der Waals surface area contributed by atoms with Crippen molar-refractivity contribution in [3.63, 3.8) is 0 Å². The zero-order valence-electron chi connectivity index (χ0n) is 21.8. The van der Waals surface area contributed by atoms with Crippen LogP contribution in [0.5, 0.6) is 0 Å². The molecule has 0 aliphatic rings. The highest BCUT2D eigenvalue weighted by molar-refractivity contribution is 5.94. The number of nitrogens with two attached hydrogens (primary N) is 2. The highest BCUT2D eigenvalue weighted by Gasteiger charge is 2.32. The van der Waals surface area contributed by atoms with Gasteiger partial charge in [-0.25, -0.2) is 4.79 Å². The summed E-state index contributed by atoms with van der Waals surface area (Å²) < 4.78 is 0. The molecule has 1 aromatic carbocycles. The topological polar surface area (TPSA) is 177 Å². The summed E-state index contributed by atoms with van der Waals surface area (Å²) in [5.41, 5.74) is 12.3. The molecule has 202 valence electrons. The van der Waals surface area contributed by atoms with E-state index in [1.165, 1.54) is 0 Å². The molecule has 0 aromatic heterocycles. The number of nitrogens with one attached hydrogen (secondary N) is 3. The maximum atomic E-state index is 13.2. The first-order chi connectivity index (χ1) is 17.0. The van der Waals surface area contributed by atoms with Crippen molar-refractivity contribution in [3.05, 3.63) is 35.9 Å². The number of carboxylic acid groups (broad SMARTS) is 1. The van der Waals surface area contributed by atoms with Crippen molar-refractivity contribution in [3.8, 4) is 0 Å². The number of unbranched alkanes of at least 4 members (excludes halogenated alkanes) is 1. The minimum atomic E-state index is -1.17. The van der Waals surface area contributed by atoms with Crippen LogP contribution in [0.3, 0.4) is 0 Å².